The molecule has 0 amide bonds. The lowest BCUT2D eigenvalue weighted by Crippen LogP contribution is -2.38. The lowest BCUT2D eigenvalue weighted by molar-refractivity contribution is -0.711. The minimum absolute atomic E-state index is 0.377. The third kappa shape index (κ3) is 4.79. The molecule has 122 valence electrons. The van der Waals surface area contributed by atoms with Crippen LogP contribution >= 0.6 is 11.3 Å². The Bertz CT molecular complexity index is 774. The van der Waals surface area contributed by atoms with Crippen LogP contribution in [0.1, 0.15) is 24.2 Å². The maximum atomic E-state index is 9.75. The van der Waals surface area contributed by atoms with E-state index in [2.05, 4.69) is 71.8 Å². The van der Waals surface area contributed by atoms with Gasteiger partial charge in [-0.15, -0.1) is 0 Å². The van der Waals surface area contributed by atoms with E-state index in [1.54, 1.807) is 11.3 Å². The van der Waals surface area contributed by atoms with Crippen molar-refractivity contribution in [1.29, 1.82) is 0 Å². The fraction of sp³-hybridized carbons (Fsp3) is 0.188. The van der Waals surface area contributed by atoms with Gasteiger partial charge in [0.2, 0.25) is 5.51 Å². The number of aromatic nitrogens is 1. The first kappa shape index (κ1) is 17.5. The molecule has 7 heteroatoms. The van der Waals surface area contributed by atoms with Gasteiger partial charge in [-0.3, -0.25) is 0 Å². The van der Waals surface area contributed by atoms with E-state index < -0.39 is 7.25 Å². The molecule has 3 rings (SSSR count). The summed E-state index contributed by atoms with van der Waals surface area (Å²) in [6.07, 6.45) is 0. The Morgan fingerprint density at radius 3 is 2.22 bits per heavy atom. The maximum absolute atomic E-state index is 9.75. The zero-order valence-electron chi connectivity index (χ0n) is 12.7. The summed E-state index contributed by atoms with van der Waals surface area (Å²) in [6, 6.07) is 15.5. The van der Waals surface area contributed by atoms with E-state index >= 15 is 0 Å². The van der Waals surface area contributed by atoms with Crippen LogP contribution in [-0.2, 0) is 0 Å². The molecule has 0 aliphatic carbocycles. The van der Waals surface area contributed by atoms with Crippen molar-refractivity contribution in [1.82, 2.24) is 0 Å². The number of hydrogen-bond acceptors (Lipinski definition) is 1. The second-order valence-corrected chi connectivity index (χ2v) is 5.87. The molecule has 2 aromatic carbocycles. The van der Waals surface area contributed by atoms with Crippen molar-refractivity contribution in [2.24, 2.45) is 0 Å². The third-order valence-corrected chi connectivity index (χ3v) is 4.34. The van der Waals surface area contributed by atoms with Crippen LogP contribution in [-0.4, -0.2) is 7.25 Å². The Hall–Kier alpha value is -1.89. The van der Waals surface area contributed by atoms with Gasteiger partial charge in [0.05, 0.1) is 5.38 Å². The molecule has 0 N–H and O–H groups in total. The molecule has 3 aromatic rings. The van der Waals surface area contributed by atoms with Crippen molar-refractivity contribution < 1.29 is 21.8 Å². The molecule has 1 aromatic heterocycles. The minimum atomic E-state index is -6.00. The van der Waals surface area contributed by atoms with Crippen LogP contribution < -0.4 is 4.57 Å². The van der Waals surface area contributed by atoms with Gasteiger partial charge in [-0.2, -0.15) is 4.57 Å². The van der Waals surface area contributed by atoms with Crippen molar-refractivity contribution in [3.8, 4) is 0 Å². The molecule has 0 aliphatic rings. The number of benzene rings is 2. The molecule has 1 atom stereocenters. The molecule has 0 radical (unpaired) electrons. The molecule has 0 saturated heterocycles. The summed E-state index contributed by atoms with van der Waals surface area (Å²) in [5.41, 5.74) is 4.90. The summed E-state index contributed by atoms with van der Waals surface area (Å²) in [7, 11) is -6.00. The number of fused-ring (bicyclic) bond motifs is 1. The zero-order chi connectivity index (χ0) is 17.0. The highest BCUT2D eigenvalue weighted by molar-refractivity contribution is 7.07. The van der Waals surface area contributed by atoms with Gasteiger partial charge in [0, 0.05) is 19.4 Å². The average Bonchev–Trinajstić information content (AvgIpc) is 2.90. The second-order valence-electron chi connectivity index (χ2n) is 5.15. The molecule has 0 unspecified atom stereocenters. The molecule has 23 heavy (non-hydrogen) atoms. The molecule has 1 heterocycles. The number of nitrogens with zero attached hydrogens (tertiary/aromatic N) is 1. The quantitative estimate of drug-likeness (QED) is 0.333. The normalized spacial score (nSPS) is 12.6. The molecule has 1 nitrogen and oxygen atoms in total. The first-order chi connectivity index (χ1) is 10.8. The van der Waals surface area contributed by atoms with Crippen LogP contribution in [0.3, 0.4) is 0 Å². The van der Waals surface area contributed by atoms with Gasteiger partial charge in [0.1, 0.15) is 0 Å². The number of aryl methyl sites for hydroxylation is 1. The minimum Gasteiger partial charge on any atom is -0.418 e. The number of hydrogen-bond donors (Lipinski definition) is 0. The van der Waals surface area contributed by atoms with E-state index in [4.69, 9.17) is 0 Å². The smallest absolute Gasteiger partial charge is 0.418 e. The molecule has 0 aliphatic heterocycles. The highest BCUT2D eigenvalue weighted by atomic mass is 32.1. The molecular formula is C16H16BF4NS. The van der Waals surface area contributed by atoms with Crippen molar-refractivity contribution in [2.45, 2.75) is 19.9 Å². The topological polar surface area (TPSA) is 3.88 Å². The second kappa shape index (κ2) is 7.13. The fourth-order valence-electron chi connectivity index (χ4n) is 2.50. The van der Waals surface area contributed by atoms with Gasteiger partial charge in [-0.1, -0.05) is 53.8 Å². The van der Waals surface area contributed by atoms with Gasteiger partial charge in [-0.05, 0) is 10.8 Å². The Kier molecular flexibility index (Phi) is 5.41. The first-order valence-electron chi connectivity index (χ1n) is 7.06. The van der Waals surface area contributed by atoms with Gasteiger partial charge in [0.25, 0.3) is 0 Å². The predicted octanol–water partition coefficient (Wildman–Crippen LogP) is 5.41. The van der Waals surface area contributed by atoms with Crippen molar-refractivity contribution in [3.05, 3.63) is 64.6 Å². The fourth-order valence-corrected chi connectivity index (χ4v) is 3.36. The highest BCUT2D eigenvalue weighted by Crippen LogP contribution is 2.24. The molecule has 0 fully saturated rings. The number of rotatable bonds is 2. The highest BCUT2D eigenvalue weighted by Gasteiger charge is 2.21. The van der Waals surface area contributed by atoms with E-state index in [-0.39, 0.29) is 0 Å². The molecule has 0 bridgehead atoms. The van der Waals surface area contributed by atoms with Gasteiger partial charge < -0.3 is 17.3 Å². The van der Waals surface area contributed by atoms with E-state index in [1.165, 1.54) is 22.0 Å². The van der Waals surface area contributed by atoms with Crippen LogP contribution in [0.25, 0.3) is 10.8 Å². The van der Waals surface area contributed by atoms with E-state index in [0.29, 0.717) is 6.04 Å². The number of halogens is 4. The molecular weight excluding hydrogens is 325 g/mol. The van der Waals surface area contributed by atoms with Crippen molar-refractivity contribution in [3.63, 3.8) is 0 Å². The zero-order valence-corrected chi connectivity index (χ0v) is 13.5. The Morgan fingerprint density at radius 2 is 1.61 bits per heavy atom. The predicted molar refractivity (Wildman–Crippen MR) is 87.2 cm³/mol. The lowest BCUT2D eigenvalue weighted by Gasteiger charge is -2.10. The summed E-state index contributed by atoms with van der Waals surface area (Å²) in [5, 5.41) is 4.86. The van der Waals surface area contributed by atoms with E-state index in [1.807, 2.05) is 0 Å². The Morgan fingerprint density at radius 1 is 1.00 bits per heavy atom. The summed E-state index contributed by atoms with van der Waals surface area (Å²) >= 11 is 1.76. The van der Waals surface area contributed by atoms with Gasteiger partial charge in [-0.25, -0.2) is 0 Å². The third-order valence-electron chi connectivity index (χ3n) is 3.51. The average molecular weight is 341 g/mol. The largest absolute Gasteiger partial charge is 0.673 e. The van der Waals surface area contributed by atoms with Crippen molar-refractivity contribution in [2.75, 3.05) is 0 Å². The van der Waals surface area contributed by atoms with Gasteiger partial charge in [0.15, 0.2) is 11.7 Å². The maximum Gasteiger partial charge on any atom is 0.673 e. The monoisotopic (exact) mass is 341 g/mol. The molecule has 0 spiro atoms. The summed E-state index contributed by atoms with van der Waals surface area (Å²) in [5.74, 6) is 0. The molecule has 0 saturated carbocycles. The SMILES string of the molecule is Cc1csc[n+]1[C@H](C)c1cccc2ccccc12.F[B-](F)(F)F. The lowest BCUT2D eigenvalue weighted by atomic mass is 9.99. The van der Waals surface area contributed by atoms with Crippen molar-refractivity contribution >= 4 is 29.4 Å². The standard InChI is InChI=1S/C16H16NS.BF4/c1-12-10-18-11-17(12)13(2)15-9-5-7-14-6-3-4-8-16(14)15;2-1(3,4)5/h3-11,13H,1-2H3;/q+1;-1/t13-;/m1./s1. The van der Waals surface area contributed by atoms with Crippen LogP contribution in [0.15, 0.2) is 53.4 Å². The first-order valence-corrected chi connectivity index (χ1v) is 8.00. The summed E-state index contributed by atoms with van der Waals surface area (Å²) in [6.45, 7) is 4.43. The van der Waals surface area contributed by atoms with E-state index in [0.717, 1.165) is 0 Å². The Labute approximate surface area is 136 Å². The van der Waals surface area contributed by atoms with Crippen LogP contribution in [0, 0.1) is 6.92 Å². The summed E-state index contributed by atoms with van der Waals surface area (Å²) < 4.78 is 41.3. The van der Waals surface area contributed by atoms with Crippen LogP contribution in [0.5, 0.6) is 0 Å². The number of thiazole rings is 1. The Balaban J connectivity index is 0.000000338. The van der Waals surface area contributed by atoms with Crippen LogP contribution in [0.4, 0.5) is 17.3 Å². The van der Waals surface area contributed by atoms with Gasteiger partial charge >= 0.3 is 7.25 Å². The van der Waals surface area contributed by atoms with E-state index in [9.17, 15) is 17.3 Å². The van der Waals surface area contributed by atoms with Crippen LogP contribution in [0.2, 0.25) is 0 Å². The summed E-state index contributed by atoms with van der Waals surface area (Å²) in [4.78, 5) is 0.